The lowest BCUT2D eigenvalue weighted by molar-refractivity contribution is -0.0730. The molecule has 1 saturated heterocycles. The van der Waals surface area contributed by atoms with Crippen molar-refractivity contribution in [1.29, 1.82) is 0 Å². The number of aliphatic hydroxyl groups is 3. The van der Waals surface area contributed by atoms with Crippen molar-refractivity contribution in [1.82, 2.24) is 0 Å². The maximum Gasteiger partial charge on any atom is 0.114 e. The summed E-state index contributed by atoms with van der Waals surface area (Å²) in [6, 6.07) is 0. The topological polar surface area (TPSA) is 79.2 Å². The van der Waals surface area contributed by atoms with E-state index < -0.39 is 31.0 Å². The summed E-state index contributed by atoms with van der Waals surface area (Å²) in [4.78, 5) is 0. The Bertz CT molecular complexity index is 387. The third-order valence-electron chi connectivity index (χ3n) is 5.72. The van der Waals surface area contributed by atoms with Crippen LogP contribution in [0.3, 0.4) is 0 Å². The number of hydrogen-bond donors (Lipinski definition) is 3. The molecule has 0 bridgehead atoms. The summed E-state index contributed by atoms with van der Waals surface area (Å²) >= 11 is 0. The Balaban J connectivity index is 1.83. The number of rotatable bonds is 19. The molecule has 0 radical (unpaired) electrons. The number of unbranched alkanes of at least 4 members (excludes halogenated alkanes) is 12. The van der Waals surface area contributed by atoms with Gasteiger partial charge in [0.05, 0.1) is 13.2 Å². The van der Waals surface area contributed by atoms with Crippen LogP contribution < -0.4 is 0 Å². The van der Waals surface area contributed by atoms with E-state index in [9.17, 15) is 10.2 Å². The van der Waals surface area contributed by atoms with Crippen LogP contribution in [0.4, 0.5) is 0 Å². The summed E-state index contributed by atoms with van der Waals surface area (Å²) in [6.07, 6.45) is 19.5. The second kappa shape index (κ2) is 18.3. The van der Waals surface area contributed by atoms with Gasteiger partial charge in [-0.3, -0.25) is 0 Å². The molecular formula is C24H46O5. The maximum absolute atomic E-state index is 10.1. The molecule has 0 aromatic carbocycles. The minimum absolute atomic E-state index is 0.272. The first-order chi connectivity index (χ1) is 14.2. The molecule has 1 aliphatic heterocycles. The summed E-state index contributed by atoms with van der Waals surface area (Å²) in [7, 11) is 0. The Morgan fingerprint density at radius 2 is 1.45 bits per heavy atom. The normalized spacial score (nSPS) is 23.2. The molecule has 172 valence electrons. The van der Waals surface area contributed by atoms with Crippen LogP contribution in [0.15, 0.2) is 12.2 Å². The second-order valence-corrected chi connectivity index (χ2v) is 8.39. The lowest BCUT2D eigenvalue weighted by Gasteiger charge is -2.20. The quantitative estimate of drug-likeness (QED) is 0.214. The van der Waals surface area contributed by atoms with Crippen molar-refractivity contribution in [2.45, 2.75) is 121 Å². The lowest BCUT2D eigenvalue weighted by Crippen LogP contribution is -2.41. The number of ether oxygens (including phenoxy) is 2. The van der Waals surface area contributed by atoms with E-state index in [1.807, 2.05) is 0 Å². The van der Waals surface area contributed by atoms with Crippen molar-refractivity contribution in [3.63, 3.8) is 0 Å². The molecule has 0 aliphatic carbocycles. The fourth-order valence-corrected chi connectivity index (χ4v) is 3.79. The molecule has 5 heteroatoms. The lowest BCUT2D eigenvalue weighted by atomic mass is 10.1. The van der Waals surface area contributed by atoms with E-state index in [2.05, 4.69) is 19.1 Å². The fourth-order valence-electron chi connectivity index (χ4n) is 3.79. The van der Waals surface area contributed by atoms with E-state index >= 15 is 0 Å². The molecule has 0 amide bonds. The van der Waals surface area contributed by atoms with Crippen LogP contribution >= 0.6 is 0 Å². The molecule has 0 aromatic rings. The van der Waals surface area contributed by atoms with Crippen LogP contribution in [0.5, 0.6) is 0 Å². The van der Waals surface area contributed by atoms with Gasteiger partial charge < -0.3 is 24.8 Å². The Morgan fingerprint density at radius 1 is 0.897 bits per heavy atom. The minimum Gasteiger partial charge on any atom is -0.394 e. The van der Waals surface area contributed by atoms with Crippen LogP contribution in [0, 0.1) is 0 Å². The van der Waals surface area contributed by atoms with Crippen LogP contribution in [0.25, 0.3) is 0 Å². The second-order valence-electron chi connectivity index (χ2n) is 8.39. The van der Waals surface area contributed by atoms with Gasteiger partial charge >= 0.3 is 0 Å². The molecular weight excluding hydrogens is 368 g/mol. The van der Waals surface area contributed by atoms with E-state index in [1.165, 1.54) is 77.0 Å². The molecule has 3 N–H and O–H groups in total. The standard InChI is InChI=1S/C24H46O5/c1-2-3-4-5-6-7-8-9-10-11-12-13-14-15-16-17-18-28-22-20-29-24(23(22)27)21(26)19-25/h10-11,21-27H,2-9,12-20H2,1H3/b11-10+/t21-,22+,23+,24+/m0/s1. The van der Waals surface area contributed by atoms with Gasteiger partial charge in [-0.15, -0.1) is 0 Å². The number of aliphatic hydroxyl groups excluding tert-OH is 3. The largest absolute Gasteiger partial charge is 0.394 e. The van der Waals surface area contributed by atoms with Gasteiger partial charge in [-0.25, -0.2) is 0 Å². The highest BCUT2D eigenvalue weighted by Gasteiger charge is 2.40. The molecule has 1 heterocycles. The Labute approximate surface area is 178 Å². The van der Waals surface area contributed by atoms with E-state index in [4.69, 9.17) is 14.6 Å². The van der Waals surface area contributed by atoms with Crippen LogP contribution in [0.1, 0.15) is 96.8 Å². The summed E-state index contributed by atoms with van der Waals surface area (Å²) in [6.45, 7) is 2.73. The van der Waals surface area contributed by atoms with Crippen LogP contribution in [-0.2, 0) is 9.47 Å². The zero-order chi connectivity index (χ0) is 21.2. The van der Waals surface area contributed by atoms with Crippen LogP contribution in [-0.4, -0.2) is 59.6 Å². The van der Waals surface area contributed by atoms with Crippen molar-refractivity contribution in [2.75, 3.05) is 19.8 Å². The van der Waals surface area contributed by atoms with Gasteiger partial charge in [0.2, 0.25) is 0 Å². The van der Waals surface area contributed by atoms with Gasteiger partial charge in [0.1, 0.15) is 24.4 Å². The predicted octanol–water partition coefficient (Wildman–Crippen LogP) is 4.52. The third kappa shape index (κ3) is 12.7. The SMILES string of the molecule is CCCCCCCCC/C=C/CCCCCCCO[C@@H]1CO[C@H]([C@@H](O)CO)[C@@H]1O. The minimum atomic E-state index is -1.05. The molecule has 1 fully saturated rings. The summed E-state index contributed by atoms with van der Waals surface area (Å²) < 4.78 is 11.0. The highest BCUT2D eigenvalue weighted by Crippen LogP contribution is 2.20. The Morgan fingerprint density at radius 3 is 2.03 bits per heavy atom. The molecule has 1 aliphatic rings. The Hall–Kier alpha value is -0.460. The van der Waals surface area contributed by atoms with Gasteiger partial charge in [0.25, 0.3) is 0 Å². The van der Waals surface area contributed by atoms with Gasteiger partial charge in [0, 0.05) is 6.61 Å². The van der Waals surface area contributed by atoms with Gasteiger partial charge in [0.15, 0.2) is 0 Å². The first kappa shape index (κ1) is 26.6. The first-order valence-electron chi connectivity index (χ1n) is 12.1. The van der Waals surface area contributed by atoms with E-state index in [-0.39, 0.29) is 6.61 Å². The molecule has 0 aromatic heterocycles. The van der Waals surface area contributed by atoms with Gasteiger partial charge in [-0.2, -0.15) is 0 Å². The average Bonchev–Trinajstić information content (AvgIpc) is 3.10. The molecule has 0 saturated carbocycles. The summed E-state index contributed by atoms with van der Waals surface area (Å²) in [5, 5.41) is 28.6. The average molecular weight is 415 g/mol. The van der Waals surface area contributed by atoms with Crippen molar-refractivity contribution < 1.29 is 24.8 Å². The maximum atomic E-state index is 10.1. The fraction of sp³-hybridized carbons (Fsp3) is 0.917. The number of allylic oxidation sites excluding steroid dienone is 2. The molecule has 4 atom stereocenters. The van der Waals surface area contributed by atoms with Gasteiger partial charge in [-0.1, -0.05) is 76.9 Å². The molecule has 1 rings (SSSR count). The first-order valence-corrected chi connectivity index (χ1v) is 12.1. The molecule has 5 nitrogen and oxygen atoms in total. The zero-order valence-electron chi connectivity index (χ0n) is 18.6. The highest BCUT2D eigenvalue weighted by molar-refractivity contribution is 4.88. The van der Waals surface area contributed by atoms with E-state index in [1.54, 1.807) is 0 Å². The van der Waals surface area contributed by atoms with Gasteiger partial charge in [-0.05, 0) is 32.1 Å². The Kier molecular flexibility index (Phi) is 16.8. The monoisotopic (exact) mass is 414 g/mol. The predicted molar refractivity (Wildman–Crippen MR) is 118 cm³/mol. The molecule has 0 spiro atoms. The van der Waals surface area contributed by atoms with E-state index in [0.717, 1.165) is 12.8 Å². The number of hydrogen-bond acceptors (Lipinski definition) is 5. The molecule has 29 heavy (non-hydrogen) atoms. The van der Waals surface area contributed by atoms with Crippen molar-refractivity contribution in [3.8, 4) is 0 Å². The third-order valence-corrected chi connectivity index (χ3v) is 5.72. The summed E-state index contributed by atoms with van der Waals surface area (Å²) in [5.41, 5.74) is 0. The molecule has 0 unspecified atom stereocenters. The zero-order valence-corrected chi connectivity index (χ0v) is 18.6. The van der Waals surface area contributed by atoms with Crippen molar-refractivity contribution in [2.24, 2.45) is 0 Å². The van der Waals surface area contributed by atoms with Crippen molar-refractivity contribution in [3.05, 3.63) is 12.2 Å². The highest BCUT2D eigenvalue weighted by atomic mass is 16.6. The van der Waals surface area contributed by atoms with Crippen LogP contribution in [0.2, 0.25) is 0 Å². The summed E-state index contributed by atoms with van der Waals surface area (Å²) in [5.74, 6) is 0. The van der Waals surface area contributed by atoms with E-state index in [0.29, 0.717) is 6.61 Å². The smallest absolute Gasteiger partial charge is 0.114 e. The van der Waals surface area contributed by atoms with Crippen molar-refractivity contribution >= 4 is 0 Å².